The number of amides is 2. The van der Waals surface area contributed by atoms with Crippen LogP contribution in [0.1, 0.15) is 25.0 Å². The molecule has 0 aliphatic rings. The van der Waals surface area contributed by atoms with E-state index in [0.29, 0.717) is 6.54 Å². The lowest BCUT2D eigenvalue weighted by molar-refractivity contribution is 0.243. The largest absolute Gasteiger partial charge is 0.334 e. The molecule has 1 aromatic carbocycles. The van der Waals surface area contributed by atoms with E-state index in [-0.39, 0.29) is 6.03 Å². The average molecular weight is 218 g/mol. The summed E-state index contributed by atoms with van der Waals surface area (Å²) in [5.74, 6) is 0. The molecule has 0 unspecified atom stereocenters. The van der Waals surface area contributed by atoms with Crippen molar-refractivity contribution in [2.24, 2.45) is 0 Å². The van der Waals surface area contributed by atoms with Crippen molar-refractivity contribution in [2.75, 3.05) is 0 Å². The molecule has 0 spiro atoms. The summed E-state index contributed by atoms with van der Waals surface area (Å²) in [5, 5.41) is 5.54. The molecule has 3 heteroatoms. The normalized spacial score (nSPS) is 11.1. The Hall–Kier alpha value is -1.77. The van der Waals surface area contributed by atoms with Crippen LogP contribution in [-0.2, 0) is 6.54 Å². The van der Waals surface area contributed by atoms with E-state index >= 15 is 0 Å². The van der Waals surface area contributed by atoms with Gasteiger partial charge in [0.15, 0.2) is 0 Å². The van der Waals surface area contributed by atoms with Gasteiger partial charge in [-0.2, -0.15) is 0 Å². The topological polar surface area (TPSA) is 41.1 Å². The predicted molar refractivity (Wildman–Crippen MR) is 66.0 cm³/mol. The number of carbonyl (C=O) groups is 1. The average Bonchev–Trinajstić information content (AvgIpc) is 2.28. The maximum absolute atomic E-state index is 11.4. The van der Waals surface area contributed by atoms with Crippen LogP contribution in [-0.4, -0.2) is 6.03 Å². The Morgan fingerprint density at radius 2 is 2.06 bits per heavy atom. The van der Waals surface area contributed by atoms with Gasteiger partial charge < -0.3 is 10.6 Å². The van der Waals surface area contributed by atoms with Crippen LogP contribution in [0.3, 0.4) is 0 Å². The fraction of sp³-hybridized carbons (Fsp3) is 0.308. The fourth-order valence-corrected chi connectivity index (χ4v) is 1.28. The molecule has 0 aliphatic heterocycles. The highest BCUT2D eigenvalue weighted by atomic mass is 16.2. The minimum absolute atomic E-state index is 0.168. The first-order valence-electron chi connectivity index (χ1n) is 5.35. The van der Waals surface area contributed by atoms with Crippen molar-refractivity contribution >= 4 is 6.03 Å². The van der Waals surface area contributed by atoms with Crippen molar-refractivity contribution in [1.29, 1.82) is 0 Å². The third-order valence-corrected chi connectivity index (χ3v) is 2.44. The lowest BCUT2D eigenvalue weighted by Gasteiger charge is -2.09. The fourth-order valence-electron chi connectivity index (χ4n) is 1.28. The van der Waals surface area contributed by atoms with Gasteiger partial charge in [0.2, 0.25) is 0 Å². The second-order valence-corrected chi connectivity index (χ2v) is 3.71. The first kappa shape index (κ1) is 12.3. The number of nitrogens with one attached hydrogen (secondary N) is 2. The third-order valence-electron chi connectivity index (χ3n) is 2.44. The van der Waals surface area contributed by atoms with Gasteiger partial charge in [-0.05, 0) is 31.9 Å². The molecule has 0 atom stereocenters. The molecular weight excluding hydrogens is 200 g/mol. The zero-order valence-corrected chi connectivity index (χ0v) is 10.0. The van der Waals surface area contributed by atoms with Crippen molar-refractivity contribution in [1.82, 2.24) is 10.6 Å². The number of hydrogen-bond donors (Lipinski definition) is 2. The highest BCUT2D eigenvalue weighted by molar-refractivity contribution is 5.75. The molecule has 0 saturated heterocycles. The first-order chi connectivity index (χ1) is 7.63. The molecule has 1 aromatic rings. The number of rotatable bonds is 3. The van der Waals surface area contributed by atoms with Crippen LogP contribution >= 0.6 is 0 Å². The standard InChI is InChI=1S/C13H18N2O/c1-4-11(3)15-13(16)14-9-12-8-6-5-7-10(12)2/h4-8H,9H2,1-3H3,(H2,14,15,16)/b11-4+. The molecule has 0 fully saturated rings. The summed E-state index contributed by atoms with van der Waals surface area (Å²) in [5.41, 5.74) is 3.17. The summed E-state index contributed by atoms with van der Waals surface area (Å²) in [4.78, 5) is 11.4. The molecule has 86 valence electrons. The van der Waals surface area contributed by atoms with Crippen molar-refractivity contribution in [2.45, 2.75) is 27.3 Å². The Bertz CT molecular complexity index is 397. The molecule has 0 radical (unpaired) electrons. The summed E-state index contributed by atoms with van der Waals surface area (Å²) in [7, 11) is 0. The number of aryl methyl sites for hydroxylation is 1. The second kappa shape index (κ2) is 5.95. The van der Waals surface area contributed by atoms with Gasteiger partial charge in [-0.15, -0.1) is 0 Å². The van der Waals surface area contributed by atoms with E-state index in [4.69, 9.17) is 0 Å². The predicted octanol–water partition coefficient (Wildman–Crippen LogP) is 2.72. The van der Waals surface area contributed by atoms with Gasteiger partial charge in [0.25, 0.3) is 0 Å². The van der Waals surface area contributed by atoms with Gasteiger partial charge in [-0.1, -0.05) is 30.3 Å². The molecule has 0 heterocycles. The lowest BCUT2D eigenvalue weighted by atomic mass is 10.1. The highest BCUT2D eigenvalue weighted by Gasteiger charge is 2.01. The number of carbonyl (C=O) groups excluding carboxylic acids is 1. The number of allylic oxidation sites excluding steroid dienone is 2. The smallest absolute Gasteiger partial charge is 0.319 e. The van der Waals surface area contributed by atoms with Crippen LogP contribution in [0.5, 0.6) is 0 Å². The van der Waals surface area contributed by atoms with Gasteiger partial charge in [-0.25, -0.2) is 4.79 Å². The Balaban J connectivity index is 2.46. The molecule has 2 N–H and O–H groups in total. The van der Waals surface area contributed by atoms with Gasteiger partial charge in [0.05, 0.1) is 0 Å². The molecule has 1 rings (SSSR count). The van der Waals surface area contributed by atoms with Crippen LogP contribution in [0.15, 0.2) is 36.0 Å². The molecular formula is C13H18N2O. The Morgan fingerprint density at radius 3 is 2.69 bits per heavy atom. The number of hydrogen-bond acceptors (Lipinski definition) is 1. The number of benzene rings is 1. The van der Waals surface area contributed by atoms with Crippen LogP contribution < -0.4 is 10.6 Å². The summed E-state index contributed by atoms with van der Waals surface area (Å²) in [6.07, 6.45) is 1.85. The molecule has 16 heavy (non-hydrogen) atoms. The molecule has 0 bridgehead atoms. The summed E-state index contributed by atoms with van der Waals surface area (Å²) in [6.45, 7) is 6.33. The highest BCUT2D eigenvalue weighted by Crippen LogP contribution is 2.05. The summed E-state index contributed by atoms with van der Waals surface area (Å²) >= 11 is 0. The van der Waals surface area contributed by atoms with Crippen molar-refractivity contribution in [3.63, 3.8) is 0 Å². The minimum Gasteiger partial charge on any atom is -0.334 e. The van der Waals surface area contributed by atoms with Gasteiger partial charge in [-0.3, -0.25) is 0 Å². The quantitative estimate of drug-likeness (QED) is 0.804. The van der Waals surface area contributed by atoms with E-state index in [1.54, 1.807) is 0 Å². The van der Waals surface area contributed by atoms with Crippen molar-refractivity contribution in [3.05, 3.63) is 47.2 Å². The van der Waals surface area contributed by atoms with Crippen LogP contribution in [0.25, 0.3) is 0 Å². The van der Waals surface area contributed by atoms with E-state index in [2.05, 4.69) is 10.6 Å². The zero-order chi connectivity index (χ0) is 12.0. The van der Waals surface area contributed by atoms with E-state index in [1.807, 2.05) is 51.1 Å². The Labute approximate surface area is 96.6 Å². The van der Waals surface area contributed by atoms with Gasteiger partial charge in [0, 0.05) is 12.2 Å². The second-order valence-electron chi connectivity index (χ2n) is 3.71. The van der Waals surface area contributed by atoms with Gasteiger partial charge >= 0.3 is 6.03 Å². The minimum atomic E-state index is -0.168. The molecule has 3 nitrogen and oxygen atoms in total. The molecule has 0 aromatic heterocycles. The SMILES string of the molecule is C/C=C(\C)NC(=O)NCc1ccccc1C. The van der Waals surface area contributed by atoms with E-state index in [0.717, 1.165) is 11.3 Å². The maximum atomic E-state index is 11.4. The third kappa shape index (κ3) is 3.77. The van der Waals surface area contributed by atoms with E-state index in [1.165, 1.54) is 5.56 Å². The van der Waals surface area contributed by atoms with Crippen LogP contribution in [0.4, 0.5) is 4.79 Å². The molecule has 0 saturated carbocycles. The van der Waals surface area contributed by atoms with E-state index in [9.17, 15) is 4.79 Å². The van der Waals surface area contributed by atoms with Crippen molar-refractivity contribution in [3.8, 4) is 0 Å². The van der Waals surface area contributed by atoms with Crippen LogP contribution in [0.2, 0.25) is 0 Å². The lowest BCUT2D eigenvalue weighted by Crippen LogP contribution is -2.33. The summed E-state index contributed by atoms with van der Waals surface area (Å²) in [6, 6.07) is 7.84. The Morgan fingerprint density at radius 1 is 1.38 bits per heavy atom. The monoisotopic (exact) mass is 218 g/mol. The van der Waals surface area contributed by atoms with E-state index < -0.39 is 0 Å². The number of urea groups is 1. The van der Waals surface area contributed by atoms with Gasteiger partial charge in [0.1, 0.15) is 0 Å². The molecule has 2 amide bonds. The zero-order valence-electron chi connectivity index (χ0n) is 10.0. The maximum Gasteiger partial charge on any atom is 0.319 e. The van der Waals surface area contributed by atoms with Crippen LogP contribution in [0, 0.1) is 6.92 Å². The molecule has 0 aliphatic carbocycles. The van der Waals surface area contributed by atoms with Crippen molar-refractivity contribution < 1.29 is 4.79 Å². The summed E-state index contributed by atoms with van der Waals surface area (Å²) < 4.78 is 0. The Kier molecular flexibility index (Phi) is 4.58. The first-order valence-corrected chi connectivity index (χ1v) is 5.35.